The molecule has 1 saturated carbocycles. The minimum absolute atomic E-state index is 0.234. The molecule has 0 radical (unpaired) electrons. The Kier molecular flexibility index (Phi) is 4.72. The highest BCUT2D eigenvalue weighted by atomic mass is 19.1. The van der Waals surface area contributed by atoms with Crippen LogP contribution in [0.4, 0.5) is 4.39 Å². The number of rotatable bonds is 5. The van der Waals surface area contributed by atoms with Gasteiger partial charge in [-0.05, 0) is 37.1 Å². The Labute approximate surface area is 108 Å². The van der Waals surface area contributed by atoms with Gasteiger partial charge >= 0.3 is 0 Å². The number of nitrogens with one attached hydrogen (secondary N) is 1. The standard InChI is InChI=1S/C15H19FN2/c16-15-6-5-13(10-17)9-14(15)11-18-8-7-12-3-1-2-4-12/h5-6,9,12,18H,1-4,7-8,11H2. The predicted molar refractivity (Wildman–Crippen MR) is 69.4 cm³/mol. The van der Waals surface area contributed by atoms with Crippen LogP contribution in [0, 0.1) is 23.1 Å². The summed E-state index contributed by atoms with van der Waals surface area (Å²) in [6.45, 7) is 1.44. The number of nitriles is 1. The van der Waals surface area contributed by atoms with Crippen molar-refractivity contribution in [1.82, 2.24) is 5.32 Å². The summed E-state index contributed by atoms with van der Waals surface area (Å²) in [4.78, 5) is 0. The first-order valence-electron chi connectivity index (χ1n) is 6.69. The molecule has 2 nitrogen and oxygen atoms in total. The monoisotopic (exact) mass is 246 g/mol. The highest BCUT2D eigenvalue weighted by Gasteiger charge is 2.14. The van der Waals surface area contributed by atoms with E-state index in [0.29, 0.717) is 17.7 Å². The summed E-state index contributed by atoms with van der Waals surface area (Å²) in [5, 5.41) is 12.0. The Balaban J connectivity index is 1.77. The third kappa shape index (κ3) is 3.54. The van der Waals surface area contributed by atoms with Gasteiger partial charge < -0.3 is 5.32 Å². The topological polar surface area (TPSA) is 35.8 Å². The summed E-state index contributed by atoms with van der Waals surface area (Å²) in [7, 11) is 0. The Morgan fingerprint density at radius 2 is 2.11 bits per heavy atom. The maximum absolute atomic E-state index is 13.5. The summed E-state index contributed by atoms with van der Waals surface area (Å²) in [5.74, 6) is 0.621. The first kappa shape index (κ1) is 13.0. The van der Waals surface area contributed by atoms with Gasteiger partial charge in [0.2, 0.25) is 0 Å². The van der Waals surface area contributed by atoms with Crippen LogP contribution in [0.25, 0.3) is 0 Å². The van der Waals surface area contributed by atoms with Gasteiger partial charge in [-0.1, -0.05) is 25.7 Å². The molecule has 1 aromatic carbocycles. The van der Waals surface area contributed by atoms with Crippen molar-refractivity contribution in [3.8, 4) is 6.07 Å². The van der Waals surface area contributed by atoms with Crippen LogP contribution < -0.4 is 5.32 Å². The SMILES string of the molecule is N#Cc1ccc(F)c(CNCCC2CCCC2)c1. The summed E-state index contributed by atoms with van der Waals surface area (Å²) in [5.41, 5.74) is 1.10. The lowest BCUT2D eigenvalue weighted by Gasteiger charge is -2.10. The minimum atomic E-state index is -0.234. The zero-order valence-corrected chi connectivity index (χ0v) is 10.6. The molecule has 0 aromatic heterocycles. The van der Waals surface area contributed by atoms with Crippen LogP contribution in [-0.4, -0.2) is 6.54 Å². The minimum Gasteiger partial charge on any atom is -0.313 e. The number of hydrogen-bond donors (Lipinski definition) is 1. The molecule has 0 aliphatic heterocycles. The van der Waals surface area contributed by atoms with Crippen LogP contribution in [0.2, 0.25) is 0 Å². The van der Waals surface area contributed by atoms with E-state index in [1.807, 2.05) is 6.07 Å². The summed E-state index contributed by atoms with van der Waals surface area (Å²) in [6.07, 6.45) is 6.60. The molecule has 0 heterocycles. The molecule has 0 spiro atoms. The average molecular weight is 246 g/mol. The van der Waals surface area contributed by atoms with Crippen LogP contribution >= 0.6 is 0 Å². The van der Waals surface area contributed by atoms with Gasteiger partial charge in [0.25, 0.3) is 0 Å². The quantitative estimate of drug-likeness (QED) is 0.808. The van der Waals surface area contributed by atoms with Crippen molar-refractivity contribution in [2.75, 3.05) is 6.54 Å². The molecule has 18 heavy (non-hydrogen) atoms. The van der Waals surface area contributed by atoms with Gasteiger partial charge in [-0.2, -0.15) is 5.26 Å². The second-order valence-corrected chi connectivity index (χ2v) is 5.03. The summed E-state index contributed by atoms with van der Waals surface area (Å²) < 4.78 is 13.5. The molecule has 0 saturated heterocycles. The molecule has 1 aromatic rings. The zero-order valence-electron chi connectivity index (χ0n) is 10.6. The van der Waals surface area contributed by atoms with Gasteiger partial charge in [0.05, 0.1) is 11.6 Å². The van der Waals surface area contributed by atoms with Crippen LogP contribution in [0.15, 0.2) is 18.2 Å². The molecule has 96 valence electrons. The maximum atomic E-state index is 13.5. The molecule has 1 aliphatic carbocycles. The van der Waals surface area contributed by atoms with E-state index < -0.39 is 0 Å². The number of halogens is 1. The van der Waals surface area contributed by atoms with Gasteiger partial charge in [0.1, 0.15) is 5.82 Å². The fraction of sp³-hybridized carbons (Fsp3) is 0.533. The van der Waals surface area contributed by atoms with Crippen LogP contribution in [0.5, 0.6) is 0 Å². The van der Waals surface area contributed by atoms with Crippen LogP contribution in [0.3, 0.4) is 0 Å². The Morgan fingerprint density at radius 1 is 1.33 bits per heavy atom. The third-order valence-electron chi connectivity index (χ3n) is 3.69. The van der Waals surface area contributed by atoms with E-state index in [9.17, 15) is 4.39 Å². The molecule has 0 unspecified atom stereocenters. The fourth-order valence-electron chi connectivity index (χ4n) is 2.61. The molecule has 3 heteroatoms. The molecule has 0 amide bonds. The van der Waals surface area contributed by atoms with E-state index in [-0.39, 0.29) is 5.82 Å². The van der Waals surface area contributed by atoms with Gasteiger partial charge in [-0.25, -0.2) is 4.39 Å². The average Bonchev–Trinajstić information content (AvgIpc) is 2.89. The van der Waals surface area contributed by atoms with Gasteiger partial charge in [-0.3, -0.25) is 0 Å². The van der Waals surface area contributed by atoms with Crippen molar-refractivity contribution in [3.05, 3.63) is 35.1 Å². The van der Waals surface area contributed by atoms with Gasteiger partial charge in [0.15, 0.2) is 0 Å². The molecule has 0 atom stereocenters. The Hall–Kier alpha value is -1.40. The lowest BCUT2D eigenvalue weighted by Crippen LogP contribution is -2.17. The van der Waals surface area contributed by atoms with Crippen molar-refractivity contribution in [1.29, 1.82) is 5.26 Å². The van der Waals surface area contributed by atoms with E-state index in [1.54, 1.807) is 6.07 Å². The Morgan fingerprint density at radius 3 is 2.83 bits per heavy atom. The first-order valence-corrected chi connectivity index (χ1v) is 6.69. The normalized spacial score (nSPS) is 15.8. The van der Waals surface area contributed by atoms with Crippen LogP contribution in [-0.2, 0) is 6.54 Å². The van der Waals surface area contributed by atoms with Crippen molar-refractivity contribution < 1.29 is 4.39 Å². The summed E-state index contributed by atoms with van der Waals surface area (Å²) >= 11 is 0. The van der Waals surface area contributed by atoms with Gasteiger partial charge in [-0.15, -0.1) is 0 Å². The molecular weight excluding hydrogens is 227 g/mol. The smallest absolute Gasteiger partial charge is 0.127 e. The predicted octanol–water partition coefficient (Wildman–Crippen LogP) is 3.37. The van der Waals surface area contributed by atoms with Crippen molar-refractivity contribution >= 4 is 0 Å². The molecule has 1 N–H and O–H groups in total. The highest BCUT2D eigenvalue weighted by Crippen LogP contribution is 2.26. The largest absolute Gasteiger partial charge is 0.313 e. The van der Waals surface area contributed by atoms with Crippen molar-refractivity contribution in [3.63, 3.8) is 0 Å². The number of benzene rings is 1. The molecule has 2 rings (SSSR count). The van der Waals surface area contributed by atoms with E-state index in [1.165, 1.54) is 44.2 Å². The molecule has 0 bridgehead atoms. The van der Waals surface area contributed by atoms with Crippen molar-refractivity contribution in [2.45, 2.75) is 38.6 Å². The fourth-order valence-corrected chi connectivity index (χ4v) is 2.61. The second-order valence-electron chi connectivity index (χ2n) is 5.03. The van der Waals surface area contributed by atoms with E-state index in [4.69, 9.17) is 5.26 Å². The Bertz CT molecular complexity index is 431. The molecule has 1 fully saturated rings. The molecular formula is C15H19FN2. The number of nitrogens with zero attached hydrogens (tertiary/aromatic N) is 1. The van der Waals surface area contributed by atoms with Crippen LogP contribution in [0.1, 0.15) is 43.2 Å². The second kappa shape index (κ2) is 6.51. The third-order valence-corrected chi connectivity index (χ3v) is 3.69. The lowest BCUT2D eigenvalue weighted by molar-refractivity contribution is 0.474. The number of hydrogen-bond acceptors (Lipinski definition) is 2. The van der Waals surface area contributed by atoms with E-state index in [0.717, 1.165) is 12.5 Å². The maximum Gasteiger partial charge on any atom is 0.127 e. The highest BCUT2D eigenvalue weighted by molar-refractivity contribution is 5.33. The first-order chi connectivity index (χ1) is 8.79. The van der Waals surface area contributed by atoms with E-state index >= 15 is 0 Å². The van der Waals surface area contributed by atoms with E-state index in [2.05, 4.69) is 5.32 Å². The molecule has 1 aliphatic rings. The zero-order chi connectivity index (χ0) is 12.8. The lowest BCUT2D eigenvalue weighted by atomic mass is 10.0. The summed E-state index contributed by atoms with van der Waals surface area (Å²) in [6, 6.07) is 6.54. The van der Waals surface area contributed by atoms with Gasteiger partial charge in [0, 0.05) is 12.1 Å². The van der Waals surface area contributed by atoms with Crippen molar-refractivity contribution in [2.24, 2.45) is 5.92 Å².